The molecule has 0 saturated carbocycles. The summed E-state index contributed by atoms with van der Waals surface area (Å²) < 4.78 is 5.41. The molecule has 1 aliphatic rings. The van der Waals surface area contributed by atoms with Gasteiger partial charge < -0.3 is 15.2 Å². The first-order valence-corrected chi connectivity index (χ1v) is 6.19. The van der Waals surface area contributed by atoms with Gasteiger partial charge in [0.05, 0.1) is 18.8 Å². The van der Waals surface area contributed by atoms with E-state index in [1.807, 2.05) is 13.8 Å². The van der Waals surface area contributed by atoms with Gasteiger partial charge in [0.2, 0.25) is 0 Å². The average molecular weight is 215 g/mol. The molecule has 3 heteroatoms. The summed E-state index contributed by atoms with van der Waals surface area (Å²) in [6.45, 7) is 6.67. The highest BCUT2D eigenvalue weighted by Crippen LogP contribution is 2.17. The van der Waals surface area contributed by atoms with E-state index in [9.17, 15) is 5.11 Å². The van der Waals surface area contributed by atoms with E-state index in [-0.39, 0.29) is 12.2 Å². The molecular weight excluding hydrogens is 190 g/mol. The van der Waals surface area contributed by atoms with E-state index in [0.717, 1.165) is 19.5 Å². The normalized spacial score (nSPS) is 25.2. The molecule has 2 atom stereocenters. The van der Waals surface area contributed by atoms with Crippen molar-refractivity contribution in [2.24, 2.45) is 5.92 Å². The molecular formula is C12H25NO2. The Morgan fingerprint density at radius 2 is 2.20 bits per heavy atom. The first-order chi connectivity index (χ1) is 7.18. The zero-order valence-corrected chi connectivity index (χ0v) is 10.0. The summed E-state index contributed by atoms with van der Waals surface area (Å²) in [6.07, 6.45) is 4.60. The first-order valence-electron chi connectivity index (χ1n) is 6.19. The molecule has 0 amide bonds. The second-order valence-electron chi connectivity index (χ2n) is 4.84. The SMILES string of the molecule is CC(C)OCC(O)CC1CCCCNC1. The number of hydrogen-bond acceptors (Lipinski definition) is 3. The lowest BCUT2D eigenvalue weighted by Crippen LogP contribution is -2.27. The van der Waals surface area contributed by atoms with Crippen molar-refractivity contribution >= 4 is 0 Å². The molecule has 0 aromatic heterocycles. The van der Waals surface area contributed by atoms with Crippen molar-refractivity contribution in [1.82, 2.24) is 5.32 Å². The molecule has 1 rings (SSSR count). The molecule has 1 saturated heterocycles. The highest BCUT2D eigenvalue weighted by atomic mass is 16.5. The third kappa shape index (κ3) is 6.13. The van der Waals surface area contributed by atoms with E-state index in [4.69, 9.17) is 4.74 Å². The van der Waals surface area contributed by atoms with E-state index < -0.39 is 0 Å². The lowest BCUT2D eigenvalue weighted by molar-refractivity contribution is -0.00387. The number of hydrogen-bond donors (Lipinski definition) is 2. The largest absolute Gasteiger partial charge is 0.391 e. The molecule has 1 fully saturated rings. The van der Waals surface area contributed by atoms with Gasteiger partial charge in [-0.3, -0.25) is 0 Å². The maximum Gasteiger partial charge on any atom is 0.0776 e. The maximum atomic E-state index is 9.79. The van der Waals surface area contributed by atoms with Crippen LogP contribution in [-0.4, -0.2) is 37.0 Å². The fraction of sp³-hybridized carbons (Fsp3) is 1.00. The van der Waals surface area contributed by atoms with Gasteiger partial charge in [-0.15, -0.1) is 0 Å². The highest BCUT2D eigenvalue weighted by Gasteiger charge is 2.16. The highest BCUT2D eigenvalue weighted by molar-refractivity contribution is 4.71. The van der Waals surface area contributed by atoms with Gasteiger partial charge in [0.15, 0.2) is 0 Å². The van der Waals surface area contributed by atoms with Gasteiger partial charge >= 0.3 is 0 Å². The Labute approximate surface area is 93.2 Å². The van der Waals surface area contributed by atoms with Crippen LogP contribution in [0.5, 0.6) is 0 Å². The van der Waals surface area contributed by atoms with Gasteiger partial charge in [-0.05, 0) is 52.1 Å². The van der Waals surface area contributed by atoms with E-state index in [0.29, 0.717) is 12.5 Å². The van der Waals surface area contributed by atoms with Crippen molar-refractivity contribution in [2.45, 2.75) is 51.7 Å². The number of nitrogens with one attached hydrogen (secondary N) is 1. The van der Waals surface area contributed by atoms with E-state index in [1.165, 1.54) is 19.3 Å². The van der Waals surface area contributed by atoms with Gasteiger partial charge in [-0.1, -0.05) is 6.42 Å². The molecule has 1 aliphatic heterocycles. The Kier molecular flexibility index (Phi) is 6.22. The Morgan fingerprint density at radius 3 is 2.93 bits per heavy atom. The molecule has 2 N–H and O–H groups in total. The minimum absolute atomic E-state index is 0.215. The second-order valence-corrected chi connectivity index (χ2v) is 4.84. The second kappa shape index (κ2) is 7.20. The van der Waals surface area contributed by atoms with Crippen LogP contribution in [0, 0.1) is 5.92 Å². The average Bonchev–Trinajstić information content (AvgIpc) is 2.43. The lowest BCUT2D eigenvalue weighted by Gasteiger charge is -2.19. The minimum atomic E-state index is -0.294. The fourth-order valence-electron chi connectivity index (χ4n) is 2.05. The molecule has 0 aromatic carbocycles. The molecule has 1 heterocycles. The number of aliphatic hydroxyl groups is 1. The zero-order valence-electron chi connectivity index (χ0n) is 10.0. The summed E-state index contributed by atoms with van der Waals surface area (Å²) in [7, 11) is 0. The summed E-state index contributed by atoms with van der Waals surface area (Å²) in [5.41, 5.74) is 0. The molecule has 15 heavy (non-hydrogen) atoms. The summed E-state index contributed by atoms with van der Waals surface area (Å²) in [5, 5.41) is 13.2. The molecule has 0 aromatic rings. The van der Waals surface area contributed by atoms with Crippen molar-refractivity contribution in [3.8, 4) is 0 Å². The zero-order chi connectivity index (χ0) is 11.1. The Hall–Kier alpha value is -0.120. The fourth-order valence-corrected chi connectivity index (χ4v) is 2.05. The van der Waals surface area contributed by atoms with Crippen LogP contribution in [0.2, 0.25) is 0 Å². The molecule has 0 bridgehead atoms. The number of ether oxygens (including phenoxy) is 1. The first kappa shape index (κ1) is 12.9. The Balaban J connectivity index is 2.14. The van der Waals surface area contributed by atoms with Crippen LogP contribution >= 0.6 is 0 Å². The smallest absolute Gasteiger partial charge is 0.0776 e. The molecule has 0 spiro atoms. The maximum absolute atomic E-state index is 9.79. The predicted octanol–water partition coefficient (Wildman–Crippen LogP) is 1.55. The Morgan fingerprint density at radius 1 is 1.40 bits per heavy atom. The van der Waals surface area contributed by atoms with Crippen molar-refractivity contribution in [3.05, 3.63) is 0 Å². The van der Waals surface area contributed by atoms with Crippen LogP contribution in [0.25, 0.3) is 0 Å². The van der Waals surface area contributed by atoms with Crippen LogP contribution in [-0.2, 0) is 4.74 Å². The minimum Gasteiger partial charge on any atom is -0.391 e. The Bertz CT molecular complexity index is 154. The third-order valence-electron chi connectivity index (χ3n) is 2.88. The van der Waals surface area contributed by atoms with Gasteiger partial charge in [0.1, 0.15) is 0 Å². The van der Waals surface area contributed by atoms with Crippen LogP contribution < -0.4 is 5.32 Å². The molecule has 90 valence electrons. The molecule has 2 unspecified atom stereocenters. The van der Waals surface area contributed by atoms with E-state index in [1.54, 1.807) is 0 Å². The molecule has 3 nitrogen and oxygen atoms in total. The lowest BCUT2D eigenvalue weighted by atomic mass is 9.97. The summed E-state index contributed by atoms with van der Waals surface area (Å²) in [5.74, 6) is 0.623. The topological polar surface area (TPSA) is 41.5 Å². The van der Waals surface area contributed by atoms with Crippen LogP contribution in [0.1, 0.15) is 39.5 Å². The standard InChI is InChI=1S/C12H25NO2/c1-10(2)15-9-12(14)7-11-5-3-4-6-13-8-11/h10-14H,3-9H2,1-2H3. The summed E-state index contributed by atoms with van der Waals surface area (Å²) >= 11 is 0. The van der Waals surface area contributed by atoms with Crippen molar-refractivity contribution in [2.75, 3.05) is 19.7 Å². The van der Waals surface area contributed by atoms with Crippen LogP contribution in [0.3, 0.4) is 0 Å². The van der Waals surface area contributed by atoms with Gasteiger partial charge in [0.25, 0.3) is 0 Å². The van der Waals surface area contributed by atoms with Gasteiger partial charge in [-0.25, -0.2) is 0 Å². The third-order valence-corrected chi connectivity index (χ3v) is 2.88. The number of aliphatic hydroxyl groups excluding tert-OH is 1. The van der Waals surface area contributed by atoms with Crippen molar-refractivity contribution in [1.29, 1.82) is 0 Å². The predicted molar refractivity (Wildman–Crippen MR) is 61.9 cm³/mol. The quantitative estimate of drug-likeness (QED) is 0.731. The summed E-state index contributed by atoms with van der Waals surface area (Å²) in [4.78, 5) is 0. The number of rotatable bonds is 5. The van der Waals surface area contributed by atoms with Crippen molar-refractivity contribution < 1.29 is 9.84 Å². The van der Waals surface area contributed by atoms with Gasteiger partial charge in [-0.2, -0.15) is 0 Å². The van der Waals surface area contributed by atoms with E-state index in [2.05, 4.69) is 5.32 Å². The van der Waals surface area contributed by atoms with Crippen LogP contribution in [0.4, 0.5) is 0 Å². The monoisotopic (exact) mass is 215 g/mol. The van der Waals surface area contributed by atoms with Crippen LogP contribution in [0.15, 0.2) is 0 Å². The van der Waals surface area contributed by atoms with Gasteiger partial charge in [0, 0.05) is 0 Å². The van der Waals surface area contributed by atoms with Crippen molar-refractivity contribution in [3.63, 3.8) is 0 Å². The molecule has 0 radical (unpaired) electrons. The molecule has 0 aliphatic carbocycles. The summed E-state index contributed by atoms with van der Waals surface area (Å²) in [6, 6.07) is 0. The van der Waals surface area contributed by atoms with E-state index >= 15 is 0 Å².